The molecule has 0 aliphatic carbocycles. The highest BCUT2D eigenvalue weighted by molar-refractivity contribution is 5.79. The second-order valence-corrected chi connectivity index (χ2v) is 6.44. The predicted octanol–water partition coefficient (Wildman–Crippen LogP) is 1.34. The Kier molecular flexibility index (Phi) is 9.33. The highest BCUT2D eigenvalue weighted by Crippen LogP contribution is 2.02. The zero-order valence-electron chi connectivity index (χ0n) is 15.5. The van der Waals surface area contributed by atoms with Crippen LogP contribution in [-0.4, -0.2) is 70.5 Å². The van der Waals surface area contributed by atoms with Crippen molar-refractivity contribution < 1.29 is 9.47 Å². The summed E-state index contributed by atoms with van der Waals surface area (Å²) < 4.78 is 11.2. The first-order valence-electron chi connectivity index (χ1n) is 9.14. The van der Waals surface area contributed by atoms with E-state index in [0.717, 1.165) is 58.5 Å². The molecule has 0 spiro atoms. The Morgan fingerprint density at radius 3 is 2.72 bits per heavy atom. The van der Waals surface area contributed by atoms with E-state index in [0.29, 0.717) is 12.5 Å². The number of guanidine groups is 1. The van der Waals surface area contributed by atoms with E-state index >= 15 is 0 Å². The summed E-state index contributed by atoms with van der Waals surface area (Å²) in [5.74, 6) is 1.27. The van der Waals surface area contributed by atoms with Gasteiger partial charge in [0.1, 0.15) is 0 Å². The lowest BCUT2D eigenvalue weighted by Gasteiger charge is -2.26. The predicted molar refractivity (Wildman–Crippen MR) is 102 cm³/mol. The van der Waals surface area contributed by atoms with Gasteiger partial charge in [-0.15, -0.1) is 0 Å². The smallest absolute Gasteiger partial charge is 0.191 e. The molecule has 1 saturated heterocycles. The normalized spacial score (nSPS) is 17.3. The molecule has 1 aliphatic heterocycles. The third-order valence-corrected chi connectivity index (χ3v) is 4.18. The molecule has 1 unspecified atom stereocenters. The molecule has 140 valence electrons. The Morgan fingerprint density at radius 1 is 1.24 bits per heavy atom. The van der Waals surface area contributed by atoms with Crippen molar-refractivity contribution in [2.75, 3.05) is 59.6 Å². The molecule has 0 saturated carbocycles. The molecule has 1 aromatic rings. The van der Waals surface area contributed by atoms with Gasteiger partial charge in [0.2, 0.25) is 0 Å². The van der Waals surface area contributed by atoms with Crippen molar-refractivity contribution in [3.05, 3.63) is 35.9 Å². The van der Waals surface area contributed by atoms with Crippen LogP contribution >= 0.6 is 0 Å². The molecule has 0 bridgehead atoms. The first kappa shape index (κ1) is 19.7. The summed E-state index contributed by atoms with van der Waals surface area (Å²) in [5.41, 5.74) is 1.21. The number of rotatable bonds is 9. The zero-order chi connectivity index (χ0) is 17.7. The van der Waals surface area contributed by atoms with Crippen LogP contribution in [0.5, 0.6) is 0 Å². The zero-order valence-corrected chi connectivity index (χ0v) is 15.5. The highest BCUT2D eigenvalue weighted by Gasteiger charge is 2.10. The topological polar surface area (TPSA) is 58.1 Å². The van der Waals surface area contributed by atoms with Crippen LogP contribution in [0.3, 0.4) is 0 Å². The second-order valence-electron chi connectivity index (χ2n) is 6.44. The second kappa shape index (κ2) is 11.8. The van der Waals surface area contributed by atoms with Gasteiger partial charge in [0.25, 0.3) is 0 Å². The average Bonchev–Trinajstić information content (AvgIpc) is 2.66. The van der Waals surface area contributed by atoms with E-state index in [-0.39, 0.29) is 0 Å². The van der Waals surface area contributed by atoms with Crippen LogP contribution in [0, 0.1) is 5.92 Å². The summed E-state index contributed by atoms with van der Waals surface area (Å²) in [6.45, 7) is 10.0. The van der Waals surface area contributed by atoms with E-state index in [1.165, 1.54) is 5.56 Å². The van der Waals surface area contributed by atoms with Crippen LogP contribution in [0.4, 0.5) is 0 Å². The van der Waals surface area contributed by atoms with Gasteiger partial charge in [-0.3, -0.25) is 9.89 Å². The molecule has 6 heteroatoms. The van der Waals surface area contributed by atoms with Crippen LogP contribution < -0.4 is 10.6 Å². The number of aliphatic imine (C=N–C) groups is 1. The SMILES string of the molecule is CN=C(NCCN1CCOCC1)NCC(C)COCc1ccccc1. The molecule has 0 radical (unpaired) electrons. The molecule has 1 atom stereocenters. The molecular formula is C19H32N4O2. The molecule has 6 nitrogen and oxygen atoms in total. The van der Waals surface area contributed by atoms with Gasteiger partial charge in [0.15, 0.2) is 5.96 Å². The molecule has 1 heterocycles. The third kappa shape index (κ3) is 8.34. The number of morpholine rings is 1. The molecule has 25 heavy (non-hydrogen) atoms. The maximum atomic E-state index is 5.79. The van der Waals surface area contributed by atoms with Crippen LogP contribution in [0.2, 0.25) is 0 Å². The number of hydrogen-bond acceptors (Lipinski definition) is 4. The van der Waals surface area contributed by atoms with Crippen molar-refractivity contribution in [3.63, 3.8) is 0 Å². The van der Waals surface area contributed by atoms with Gasteiger partial charge in [-0.05, 0) is 11.5 Å². The maximum absolute atomic E-state index is 5.79. The lowest BCUT2D eigenvalue weighted by molar-refractivity contribution is 0.0389. The van der Waals surface area contributed by atoms with Crippen molar-refractivity contribution in [1.82, 2.24) is 15.5 Å². The minimum absolute atomic E-state index is 0.418. The molecule has 1 fully saturated rings. The Morgan fingerprint density at radius 2 is 2.00 bits per heavy atom. The molecule has 2 rings (SSSR count). The minimum atomic E-state index is 0.418. The van der Waals surface area contributed by atoms with Crippen LogP contribution in [-0.2, 0) is 16.1 Å². The molecule has 0 amide bonds. The van der Waals surface area contributed by atoms with Crippen molar-refractivity contribution in [3.8, 4) is 0 Å². The Labute approximate surface area is 151 Å². The van der Waals surface area contributed by atoms with Crippen LogP contribution in [0.1, 0.15) is 12.5 Å². The Bertz CT molecular complexity index is 489. The van der Waals surface area contributed by atoms with Crippen molar-refractivity contribution in [1.29, 1.82) is 0 Å². The summed E-state index contributed by atoms with van der Waals surface area (Å²) in [5, 5.41) is 6.74. The summed E-state index contributed by atoms with van der Waals surface area (Å²) in [6.07, 6.45) is 0. The van der Waals surface area contributed by atoms with Gasteiger partial charge < -0.3 is 20.1 Å². The van der Waals surface area contributed by atoms with Crippen LogP contribution in [0.15, 0.2) is 35.3 Å². The quantitative estimate of drug-likeness (QED) is 0.521. The van der Waals surface area contributed by atoms with E-state index in [4.69, 9.17) is 9.47 Å². The van der Waals surface area contributed by atoms with E-state index in [9.17, 15) is 0 Å². The molecule has 1 aromatic carbocycles. The standard InChI is InChI=1S/C19H32N4O2/c1-17(15-25-16-18-6-4-3-5-7-18)14-22-19(20-2)21-8-9-23-10-12-24-13-11-23/h3-7,17H,8-16H2,1-2H3,(H2,20,21,22). The molecule has 1 aliphatic rings. The van der Waals surface area contributed by atoms with E-state index < -0.39 is 0 Å². The maximum Gasteiger partial charge on any atom is 0.191 e. The van der Waals surface area contributed by atoms with Gasteiger partial charge >= 0.3 is 0 Å². The summed E-state index contributed by atoms with van der Waals surface area (Å²) in [4.78, 5) is 6.69. The summed E-state index contributed by atoms with van der Waals surface area (Å²) in [7, 11) is 1.81. The van der Waals surface area contributed by atoms with Gasteiger partial charge in [-0.1, -0.05) is 37.3 Å². The van der Waals surface area contributed by atoms with Gasteiger partial charge in [0, 0.05) is 39.8 Å². The van der Waals surface area contributed by atoms with E-state index in [1.807, 2.05) is 18.2 Å². The van der Waals surface area contributed by atoms with E-state index in [1.54, 1.807) is 7.05 Å². The van der Waals surface area contributed by atoms with Gasteiger partial charge in [-0.25, -0.2) is 0 Å². The number of ether oxygens (including phenoxy) is 2. The highest BCUT2D eigenvalue weighted by atomic mass is 16.5. The lowest BCUT2D eigenvalue weighted by Crippen LogP contribution is -2.45. The number of nitrogens with zero attached hydrogens (tertiary/aromatic N) is 2. The number of hydrogen-bond donors (Lipinski definition) is 2. The summed E-state index contributed by atoms with van der Waals surface area (Å²) in [6, 6.07) is 10.3. The molecule has 2 N–H and O–H groups in total. The fourth-order valence-corrected chi connectivity index (χ4v) is 2.66. The summed E-state index contributed by atoms with van der Waals surface area (Å²) >= 11 is 0. The Balaban J connectivity index is 1.54. The monoisotopic (exact) mass is 348 g/mol. The minimum Gasteiger partial charge on any atom is -0.379 e. The van der Waals surface area contributed by atoms with Crippen molar-refractivity contribution >= 4 is 5.96 Å². The van der Waals surface area contributed by atoms with Gasteiger partial charge in [0.05, 0.1) is 26.4 Å². The average molecular weight is 348 g/mol. The fourth-order valence-electron chi connectivity index (χ4n) is 2.66. The van der Waals surface area contributed by atoms with Crippen LogP contribution in [0.25, 0.3) is 0 Å². The van der Waals surface area contributed by atoms with Crippen molar-refractivity contribution in [2.24, 2.45) is 10.9 Å². The van der Waals surface area contributed by atoms with E-state index in [2.05, 4.69) is 39.6 Å². The third-order valence-electron chi connectivity index (χ3n) is 4.18. The largest absolute Gasteiger partial charge is 0.379 e. The number of benzene rings is 1. The molecular weight excluding hydrogens is 316 g/mol. The van der Waals surface area contributed by atoms with Crippen molar-refractivity contribution in [2.45, 2.75) is 13.5 Å². The first-order chi connectivity index (χ1) is 12.3. The first-order valence-corrected chi connectivity index (χ1v) is 9.14. The fraction of sp³-hybridized carbons (Fsp3) is 0.632. The number of nitrogens with one attached hydrogen (secondary N) is 2. The lowest BCUT2D eigenvalue weighted by atomic mass is 10.2. The van der Waals surface area contributed by atoms with Gasteiger partial charge in [-0.2, -0.15) is 0 Å². The molecule has 0 aromatic heterocycles. The Hall–Kier alpha value is -1.63.